The van der Waals surface area contributed by atoms with Crippen molar-refractivity contribution in [3.63, 3.8) is 0 Å². The molecule has 0 fully saturated rings. The van der Waals surface area contributed by atoms with E-state index in [9.17, 15) is 0 Å². The van der Waals surface area contributed by atoms with Gasteiger partial charge >= 0.3 is 0 Å². The predicted octanol–water partition coefficient (Wildman–Crippen LogP) is 0.389. The van der Waals surface area contributed by atoms with Gasteiger partial charge in [-0.05, 0) is 26.0 Å². The minimum Gasteiger partial charge on any atom is -0.331 e. The molecule has 2 N–H and O–H groups in total. The fourth-order valence-corrected chi connectivity index (χ4v) is 2.52. The van der Waals surface area contributed by atoms with Crippen LogP contribution in [-0.2, 0) is 6.54 Å². The molecule has 1 unspecified atom stereocenters. The van der Waals surface area contributed by atoms with Gasteiger partial charge in [-0.1, -0.05) is 28.1 Å². The van der Waals surface area contributed by atoms with Crippen LogP contribution in [0, 0.1) is 0 Å². The van der Waals surface area contributed by atoms with Gasteiger partial charge in [-0.3, -0.25) is 0 Å². The summed E-state index contributed by atoms with van der Waals surface area (Å²) in [6.07, 6.45) is 0. The van der Waals surface area contributed by atoms with Crippen LogP contribution in [0.15, 0.2) is 28.7 Å². The average molecular weight is 301 g/mol. The fourth-order valence-electron chi connectivity index (χ4n) is 2.08. The molecule has 17 heavy (non-hydrogen) atoms. The summed E-state index contributed by atoms with van der Waals surface area (Å²) in [4.78, 5) is 3.28. The summed E-state index contributed by atoms with van der Waals surface area (Å²) in [5.74, 6) is 0. The first-order valence-corrected chi connectivity index (χ1v) is 7.34. The monoisotopic (exact) mass is 300 g/mol. The zero-order chi connectivity index (χ0) is 12.7. The van der Waals surface area contributed by atoms with E-state index in [4.69, 9.17) is 0 Å². The number of hydrogen-bond donors (Lipinski definition) is 2. The zero-order valence-corrected chi connectivity index (χ0v) is 12.8. The molecule has 0 bridgehead atoms. The topological polar surface area (TPSA) is 8.88 Å². The second kappa shape index (κ2) is 7.85. The van der Waals surface area contributed by atoms with Crippen molar-refractivity contribution >= 4 is 15.9 Å². The molecule has 0 amide bonds. The van der Waals surface area contributed by atoms with Gasteiger partial charge in [0.05, 0.1) is 20.1 Å². The third-order valence-corrected chi connectivity index (χ3v) is 3.79. The van der Waals surface area contributed by atoms with Crippen molar-refractivity contribution in [1.82, 2.24) is 0 Å². The quantitative estimate of drug-likeness (QED) is 0.721. The van der Waals surface area contributed by atoms with Gasteiger partial charge < -0.3 is 9.80 Å². The number of nitrogens with one attached hydrogen (secondary N) is 2. The normalized spacial score (nSPS) is 13.0. The molecule has 1 aromatic rings. The summed E-state index contributed by atoms with van der Waals surface area (Å²) in [6.45, 7) is 10.6. The number of quaternary nitrogens is 2. The van der Waals surface area contributed by atoms with E-state index in [0.717, 1.165) is 6.54 Å². The van der Waals surface area contributed by atoms with Gasteiger partial charge in [-0.2, -0.15) is 0 Å². The van der Waals surface area contributed by atoms with Crippen LogP contribution >= 0.6 is 15.9 Å². The first kappa shape index (κ1) is 14.7. The van der Waals surface area contributed by atoms with E-state index in [1.54, 1.807) is 9.80 Å². The van der Waals surface area contributed by atoms with Gasteiger partial charge in [0.1, 0.15) is 19.6 Å². The summed E-state index contributed by atoms with van der Waals surface area (Å²) in [7, 11) is 2.28. The third kappa shape index (κ3) is 5.66. The molecule has 0 heterocycles. The van der Waals surface area contributed by atoms with Crippen molar-refractivity contribution in [2.24, 2.45) is 0 Å². The lowest BCUT2D eigenvalue weighted by atomic mass is 10.2. The maximum Gasteiger partial charge on any atom is 0.127 e. The van der Waals surface area contributed by atoms with Gasteiger partial charge in [0, 0.05) is 10.0 Å². The van der Waals surface area contributed by atoms with Crippen molar-refractivity contribution < 1.29 is 9.80 Å². The summed E-state index contributed by atoms with van der Waals surface area (Å²) < 4.78 is 1.18. The van der Waals surface area contributed by atoms with E-state index in [1.807, 2.05) is 0 Å². The molecule has 3 heteroatoms. The highest BCUT2D eigenvalue weighted by Gasteiger charge is 2.08. The van der Waals surface area contributed by atoms with E-state index in [1.165, 1.54) is 36.2 Å². The summed E-state index contributed by atoms with van der Waals surface area (Å²) >= 11 is 3.52. The van der Waals surface area contributed by atoms with Crippen LogP contribution in [0.5, 0.6) is 0 Å². The van der Waals surface area contributed by atoms with Gasteiger partial charge in [0.25, 0.3) is 0 Å². The lowest BCUT2D eigenvalue weighted by Crippen LogP contribution is -3.18. The van der Waals surface area contributed by atoms with Crippen molar-refractivity contribution in [1.29, 1.82) is 0 Å². The Morgan fingerprint density at radius 2 is 1.82 bits per heavy atom. The second-order valence-electron chi connectivity index (χ2n) is 4.72. The molecule has 0 radical (unpaired) electrons. The maximum absolute atomic E-state index is 3.52. The first-order valence-electron chi connectivity index (χ1n) is 6.55. The molecule has 0 aromatic heterocycles. The molecular formula is C14H25BrN2+2. The third-order valence-electron chi connectivity index (χ3n) is 3.30. The van der Waals surface area contributed by atoms with Crippen LogP contribution in [-0.4, -0.2) is 33.2 Å². The van der Waals surface area contributed by atoms with Crippen LogP contribution in [0.3, 0.4) is 0 Å². The fraction of sp³-hybridized carbons (Fsp3) is 0.571. The Balaban J connectivity index is 2.36. The zero-order valence-electron chi connectivity index (χ0n) is 11.2. The molecule has 0 saturated carbocycles. The molecule has 1 rings (SSSR count). The van der Waals surface area contributed by atoms with Gasteiger partial charge in [-0.15, -0.1) is 0 Å². The van der Waals surface area contributed by atoms with Crippen LogP contribution in [0.1, 0.15) is 19.4 Å². The summed E-state index contributed by atoms with van der Waals surface area (Å²) in [5.41, 5.74) is 1.41. The molecule has 0 aliphatic rings. The lowest BCUT2D eigenvalue weighted by molar-refractivity contribution is -0.953. The Bertz CT molecular complexity index is 324. The molecule has 2 nitrogen and oxygen atoms in total. The Hall–Kier alpha value is -0.380. The highest BCUT2D eigenvalue weighted by Crippen LogP contribution is 2.10. The highest BCUT2D eigenvalue weighted by atomic mass is 79.9. The van der Waals surface area contributed by atoms with Gasteiger partial charge in [0.15, 0.2) is 0 Å². The van der Waals surface area contributed by atoms with Crippen molar-refractivity contribution in [3.8, 4) is 0 Å². The summed E-state index contributed by atoms with van der Waals surface area (Å²) in [5, 5.41) is 0. The summed E-state index contributed by atoms with van der Waals surface area (Å²) in [6, 6.07) is 8.62. The van der Waals surface area contributed by atoms with E-state index in [2.05, 4.69) is 61.1 Å². The van der Waals surface area contributed by atoms with Crippen molar-refractivity contribution in [2.75, 3.05) is 33.2 Å². The second-order valence-corrected chi connectivity index (χ2v) is 5.64. The molecular weight excluding hydrogens is 276 g/mol. The average Bonchev–Trinajstić information content (AvgIpc) is 2.30. The Morgan fingerprint density at radius 1 is 1.12 bits per heavy atom. The Kier molecular flexibility index (Phi) is 6.78. The minimum absolute atomic E-state index is 1.11. The number of rotatable bonds is 7. The van der Waals surface area contributed by atoms with Gasteiger partial charge in [0.2, 0.25) is 0 Å². The predicted molar refractivity (Wildman–Crippen MR) is 76.5 cm³/mol. The highest BCUT2D eigenvalue weighted by molar-refractivity contribution is 9.10. The Morgan fingerprint density at radius 3 is 2.41 bits per heavy atom. The van der Waals surface area contributed by atoms with Gasteiger partial charge in [-0.25, -0.2) is 0 Å². The van der Waals surface area contributed by atoms with E-state index >= 15 is 0 Å². The first-order chi connectivity index (χ1) is 8.15. The van der Waals surface area contributed by atoms with E-state index < -0.39 is 0 Å². The SMILES string of the molecule is CC[NH+](CC)CC[NH+](C)Cc1cccc(Br)c1. The van der Waals surface area contributed by atoms with Crippen LogP contribution in [0.4, 0.5) is 0 Å². The molecule has 96 valence electrons. The standard InChI is InChI=1S/C14H23BrN2/c1-4-17(5-2)10-9-16(3)12-13-7-6-8-14(15)11-13/h6-8,11H,4-5,9-10,12H2,1-3H3/p+2. The largest absolute Gasteiger partial charge is 0.331 e. The van der Waals surface area contributed by atoms with Crippen LogP contribution in [0.2, 0.25) is 0 Å². The maximum atomic E-state index is 3.52. The smallest absolute Gasteiger partial charge is 0.127 e. The van der Waals surface area contributed by atoms with Crippen molar-refractivity contribution in [2.45, 2.75) is 20.4 Å². The molecule has 0 saturated heterocycles. The number of likely N-dealkylation sites (N-methyl/N-ethyl adjacent to an activating group) is 2. The minimum atomic E-state index is 1.11. The van der Waals surface area contributed by atoms with Crippen LogP contribution < -0.4 is 9.80 Å². The lowest BCUT2D eigenvalue weighted by Gasteiger charge is -2.19. The van der Waals surface area contributed by atoms with E-state index in [0.29, 0.717) is 0 Å². The number of hydrogen-bond acceptors (Lipinski definition) is 0. The number of benzene rings is 1. The molecule has 0 aliphatic carbocycles. The molecule has 0 aliphatic heterocycles. The van der Waals surface area contributed by atoms with Crippen LogP contribution in [0.25, 0.3) is 0 Å². The molecule has 0 spiro atoms. The Labute approximate surface area is 114 Å². The van der Waals surface area contributed by atoms with E-state index in [-0.39, 0.29) is 0 Å². The van der Waals surface area contributed by atoms with Crippen molar-refractivity contribution in [3.05, 3.63) is 34.3 Å². The number of halogens is 1. The molecule has 1 aromatic carbocycles. The molecule has 1 atom stereocenters.